The van der Waals surface area contributed by atoms with Gasteiger partial charge in [-0.2, -0.15) is 0 Å². The Morgan fingerprint density at radius 2 is 1.96 bits per heavy atom. The van der Waals surface area contributed by atoms with Crippen LogP contribution >= 0.6 is 0 Å². The van der Waals surface area contributed by atoms with E-state index in [0.29, 0.717) is 11.4 Å². The number of hydrogen-bond donors (Lipinski definition) is 2. The predicted octanol–water partition coefficient (Wildman–Crippen LogP) is 3.33. The minimum Gasteiger partial charge on any atom is -0.478 e. The normalized spacial score (nSPS) is 17.5. The molecule has 2 N–H and O–H groups in total. The number of carbonyl (C=O) groups excluding carboxylic acids is 1. The van der Waals surface area contributed by atoms with Gasteiger partial charge in [0.25, 0.3) is 0 Å². The minimum atomic E-state index is -0.999. The van der Waals surface area contributed by atoms with Crippen LogP contribution in [0.1, 0.15) is 36.5 Å². The molecular formula is C22H26N2O4. The fourth-order valence-electron chi connectivity index (χ4n) is 3.51. The highest BCUT2D eigenvalue weighted by Crippen LogP contribution is 2.26. The average molecular weight is 382 g/mol. The summed E-state index contributed by atoms with van der Waals surface area (Å²) in [4.78, 5) is 25.3. The van der Waals surface area contributed by atoms with E-state index in [-0.39, 0.29) is 23.9 Å². The van der Waals surface area contributed by atoms with Gasteiger partial charge in [0.1, 0.15) is 11.5 Å². The molecule has 0 aromatic heterocycles. The molecule has 0 bridgehead atoms. The number of ether oxygens (including phenoxy) is 1. The van der Waals surface area contributed by atoms with E-state index in [2.05, 4.69) is 5.32 Å². The monoisotopic (exact) mass is 382 g/mol. The van der Waals surface area contributed by atoms with Crippen LogP contribution in [0.3, 0.4) is 0 Å². The molecule has 1 aliphatic heterocycles. The maximum Gasteiger partial charge on any atom is 0.335 e. The predicted molar refractivity (Wildman–Crippen MR) is 108 cm³/mol. The summed E-state index contributed by atoms with van der Waals surface area (Å²) in [6.07, 6.45) is 2.67. The summed E-state index contributed by atoms with van der Waals surface area (Å²) in [5, 5.41) is 12.9. The van der Waals surface area contributed by atoms with E-state index in [9.17, 15) is 14.7 Å². The molecule has 0 saturated carbocycles. The number of anilines is 1. The number of ketones is 1. The maximum atomic E-state index is 12.1. The number of carboxylic acids is 1. The SMILES string of the molecule is CC(=O)CN(c1cccc(C(=O)O)c1)C(Oc1ccccc1)C1CCCCN1. The van der Waals surface area contributed by atoms with Gasteiger partial charge in [0, 0.05) is 5.69 Å². The summed E-state index contributed by atoms with van der Waals surface area (Å²) in [5.41, 5.74) is 0.838. The van der Waals surface area contributed by atoms with Gasteiger partial charge in [0.15, 0.2) is 6.23 Å². The number of carbonyl (C=O) groups is 2. The van der Waals surface area contributed by atoms with Crippen molar-refractivity contribution in [2.75, 3.05) is 18.0 Å². The van der Waals surface area contributed by atoms with Gasteiger partial charge in [-0.1, -0.05) is 30.7 Å². The molecule has 1 heterocycles. The van der Waals surface area contributed by atoms with Crippen molar-refractivity contribution >= 4 is 17.4 Å². The van der Waals surface area contributed by atoms with Gasteiger partial charge in [0.2, 0.25) is 0 Å². The van der Waals surface area contributed by atoms with Crippen molar-refractivity contribution in [1.29, 1.82) is 0 Å². The van der Waals surface area contributed by atoms with Crippen LogP contribution in [0.4, 0.5) is 5.69 Å². The van der Waals surface area contributed by atoms with Gasteiger partial charge in [0.05, 0.1) is 18.2 Å². The fourth-order valence-corrected chi connectivity index (χ4v) is 3.51. The lowest BCUT2D eigenvalue weighted by Gasteiger charge is -2.40. The van der Waals surface area contributed by atoms with E-state index in [1.807, 2.05) is 41.3 Å². The molecule has 1 saturated heterocycles. The van der Waals surface area contributed by atoms with Gasteiger partial charge in [-0.3, -0.25) is 4.79 Å². The van der Waals surface area contributed by atoms with E-state index in [1.54, 1.807) is 18.2 Å². The molecule has 1 aliphatic rings. The molecule has 28 heavy (non-hydrogen) atoms. The Bertz CT molecular complexity index is 803. The quantitative estimate of drug-likeness (QED) is 0.682. The molecule has 6 nitrogen and oxygen atoms in total. The lowest BCUT2D eigenvalue weighted by atomic mass is 10.0. The molecule has 2 atom stereocenters. The molecule has 1 fully saturated rings. The average Bonchev–Trinajstić information content (AvgIpc) is 2.72. The van der Waals surface area contributed by atoms with Crippen molar-refractivity contribution in [3.8, 4) is 5.75 Å². The summed E-state index contributed by atoms with van der Waals surface area (Å²) < 4.78 is 6.34. The number of piperidine rings is 1. The molecule has 148 valence electrons. The van der Waals surface area contributed by atoms with Crippen LogP contribution in [-0.4, -0.2) is 42.2 Å². The molecule has 0 spiro atoms. The molecule has 6 heteroatoms. The van der Waals surface area contributed by atoms with Crippen LogP contribution in [0.5, 0.6) is 5.75 Å². The van der Waals surface area contributed by atoms with Gasteiger partial charge < -0.3 is 20.1 Å². The lowest BCUT2D eigenvalue weighted by molar-refractivity contribution is -0.116. The highest BCUT2D eigenvalue weighted by Gasteiger charge is 2.32. The Kier molecular flexibility index (Phi) is 6.66. The van der Waals surface area contributed by atoms with E-state index in [1.165, 1.54) is 6.92 Å². The third-order valence-corrected chi connectivity index (χ3v) is 4.82. The number of Topliss-reactive ketones (excluding diaryl/α,β-unsaturated/α-hetero) is 1. The van der Waals surface area contributed by atoms with E-state index in [4.69, 9.17) is 4.74 Å². The number of nitrogens with zero attached hydrogens (tertiary/aromatic N) is 1. The lowest BCUT2D eigenvalue weighted by Crippen LogP contribution is -2.56. The number of aromatic carboxylic acids is 1. The smallest absolute Gasteiger partial charge is 0.335 e. The Morgan fingerprint density at radius 1 is 1.18 bits per heavy atom. The van der Waals surface area contributed by atoms with Crippen LogP contribution in [0.15, 0.2) is 54.6 Å². The summed E-state index contributed by atoms with van der Waals surface area (Å²) in [6.45, 7) is 2.56. The van der Waals surface area contributed by atoms with Crippen LogP contribution in [0.2, 0.25) is 0 Å². The van der Waals surface area contributed by atoms with Gasteiger partial charge in [-0.15, -0.1) is 0 Å². The molecule has 0 aliphatic carbocycles. The van der Waals surface area contributed by atoms with Crippen molar-refractivity contribution in [2.24, 2.45) is 0 Å². The fraction of sp³-hybridized carbons (Fsp3) is 0.364. The third-order valence-electron chi connectivity index (χ3n) is 4.82. The standard InChI is InChI=1S/C22H26N2O4/c1-16(25)15-24(18-9-7-8-17(14-18)22(26)27)21(20-12-5-6-13-23-20)28-19-10-3-2-4-11-19/h2-4,7-11,14,20-21,23H,5-6,12-13,15H2,1H3,(H,26,27). The zero-order chi connectivity index (χ0) is 19.9. The first kappa shape index (κ1) is 19.9. The van der Waals surface area contributed by atoms with Crippen LogP contribution in [0, 0.1) is 0 Å². The zero-order valence-electron chi connectivity index (χ0n) is 16.0. The van der Waals surface area contributed by atoms with Crippen molar-refractivity contribution < 1.29 is 19.4 Å². The molecule has 0 amide bonds. The van der Waals surface area contributed by atoms with Gasteiger partial charge in [-0.05, 0) is 56.6 Å². The first-order valence-corrected chi connectivity index (χ1v) is 9.59. The van der Waals surface area contributed by atoms with Crippen molar-refractivity contribution in [1.82, 2.24) is 5.32 Å². The molecule has 0 radical (unpaired) electrons. The number of benzene rings is 2. The Morgan fingerprint density at radius 3 is 2.61 bits per heavy atom. The van der Waals surface area contributed by atoms with E-state index < -0.39 is 12.2 Å². The molecule has 2 aromatic rings. The third kappa shape index (κ3) is 5.10. The minimum absolute atomic E-state index is 0.0156. The first-order valence-electron chi connectivity index (χ1n) is 9.59. The zero-order valence-corrected chi connectivity index (χ0v) is 16.0. The largest absolute Gasteiger partial charge is 0.478 e. The Hall–Kier alpha value is -2.86. The Balaban J connectivity index is 1.98. The van der Waals surface area contributed by atoms with Crippen LogP contribution < -0.4 is 15.0 Å². The number of hydrogen-bond acceptors (Lipinski definition) is 5. The second kappa shape index (κ2) is 9.37. The maximum absolute atomic E-state index is 12.1. The summed E-state index contributed by atoms with van der Waals surface area (Å²) >= 11 is 0. The van der Waals surface area contributed by atoms with Crippen molar-refractivity contribution in [2.45, 2.75) is 38.5 Å². The van der Waals surface area contributed by atoms with Crippen molar-refractivity contribution in [3.63, 3.8) is 0 Å². The number of carboxylic acid groups (broad SMARTS) is 1. The summed E-state index contributed by atoms with van der Waals surface area (Å²) in [5.74, 6) is -0.304. The number of para-hydroxylation sites is 1. The number of rotatable bonds is 8. The highest BCUT2D eigenvalue weighted by atomic mass is 16.5. The second-order valence-corrected chi connectivity index (χ2v) is 7.06. The second-order valence-electron chi connectivity index (χ2n) is 7.06. The molecule has 3 rings (SSSR count). The molecule has 2 unspecified atom stereocenters. The topological polar surface area (TPSA) is 78.9 Å². The Labute approximate surface area is 165 Å². The molecular weight excluding hydrogens is 356 g/mol. The molecule has 2 aromatic carbocycles. The first-order chi connectivity index (χ1) is 13.5. The van der Waals surface area contributed by atoms with Gasteiger partial charge >= 0.3 is 5.97 Å². The summed E-state index contributed by atoms with van der Waals surface area (Å²) in [6, 6.07) is 16.2. The van der Waals surface area contributed by atoms with Crippen LogP contribution in [0.25, 0.3) is 0 Å². The van der Waals surface area contributed by atoms with E-state index >= 15 is 0 Å². The highest BCUT2D eigenvalue weighted by molar-refractivity contribution is 5.89. The van der Waals surface area contributed by atoms with E-state index in [0.717, 1.165) is 25.8 Å². The van der Waals surface area contributed by atoms with Crippen LogP contribution in [-0.2, 0) is 4.79 Å². The van der Waals surface area contributed by atoms with Gasteiger partial charge in [-0.25, -0.2) is 4.79 Å². The summed E-state index contributed by atoms with van der Waals surface area (Å²) in [7, 11) is 0. The van der Waals surface area contributed by atoms with Crippen molar-refractivity contribution in [3.05, 3.63) is 60.2 Å². The number of nitrogens with one attached hydrogen (secondary N) is 1.